The number of aromatic nitrogens is 1. The van der Waals surface area contributed by atoms with Crippen LogP contribution in [0.5, 0.6) is 0 Å². The Hall–Kier alpha value is -3.46. The van der Waals surface area contributed by atoms with E-state index in [0.717, 1.165) is 39.0 Å². The molecule has 3 nitrogen and oxygen atoms in total. The van der Waals surface area contributed by atoms with Gasteiger partial charge in [-0.05, 0) is 44.2 Å². The van der Waals surface area contributed by atoms with E-state index >= 15 is 0 Å². The molecule has 0 aliphatic carbocycles. The third-order valence-corrected chi connectivity index (χ3v) is 4.58. The lowest BCUT2D eigenvalue weighted by Gasteiger charge is -2.11. The Kier molecular flexibility index (Phi) is 4.43. The molecule has 27 heavy (non-hydrogen) atoms. The normalized spacial score (nSPS) is 10.7. The first-order valence-corrected chi connectivity index (χ1v) is 8.95. The first-order chi connectivity index (χ1) is 13.1. The summed E-state index contributed by atoms with van der Waals surface area (Å²) < 4.78 is 0. The van der Waals surface area contributed by atoms with Crippen LogP contribution in [0.25, 0.3) is 22.2 Å². The van der Waals surface area contributed by atoms with Crippen LogP contribution < -0.4 is 5.32 Å². The summed E-state index contributed by atoms with van der Waals surface area (Å²) in [5.41, 5.74) is 6.33. The highest BCUT2D eigenvalue weighted by Gasteiger charge is 2.14. The van der Waals surface area contributed by atoms with Crippen LogP contribution in [0, 0.1) is 13.8 Å². The highest BCUT2D eigenvalue weighted by atomic mass is 16.1. The van der Waals surface area contributed by atoms with E-state index in [1.54, 1.807) is 0 Å². The zero-order chi connectivity index (χ0) is 18.8. The number of aryl methyl sites for hydroxylation is 2. The molecule has 132 valence electrons. The topological polar surface area (TPSA) is 42.0 Å². The molecule has 3 aromatic carbocycles. The van der Waals surface area contributed by atoms with Gasteiger partial charge in [0, 0.05) is 16.6 Å². The Balaban J connectivity index is 1.80. The van der Waals surface area contributed by atoms with Crippen molar-refractivity contribution in [1.29, 1.82) is 0 Å². The Morgan fingerprint density at radius 2 is 1.59 bits per heavy atom. The number of hydrogen-bond acceptors (Lipinski definition) is 2. The predicted molar refractivity (Wildman–Crippen MR) is 111 cm³/mol. The molecule has 1 heterocycles. The van der Waals surface area contributed by atoms with Crippen LogP contribution >= 0.6 is 0 Å². The van der Waals surface area contributed by atoms with Crippen LogP contribution in [-0.2, 0) is 0 Å². The maximum atomic E-state index is 13.0. The summed E-state index contributed by atoms with van der Waals surface area (Å²) >= 11 is 0. The van der Waals surface area contributed by atoms with Gasteiger partial charge in [-0.3, -0.25) is 4.79 Å². The van der Waals surface area contributed by atoms with Gasteiger partial charge in [0.15, 0.2) is 0 Å². The van der Waals surface area contributed by atoms with Crippen molar-refractivity contribution in [2.75, 3.05) is 5.32 Å². The maximum absolute atomic E-state index is 13.0. The fourth-order valence-corrected chi connectivity index (χ4v) is 3.15. The largest absolute Gasteiger partial charge is 0.322 e. The summed E-state index contributed by atoms with van der Waals surface area (Å²) in [6.45, 7) is 4.08. The summed E-state index contributed by atoms with van der Waals surface area (Å²) in [6.07, 6.45) is 0. The number of benzene rings is 3. The van der Waals surface area contributed by atoms with Crippen molar-refractivity contribution in [3.8, 4) is 11.3 Å². The molecule has 0 saturated carbocycles. The SMILES string of the molecule is Cc1ccc(NC(=O)c2cc(-c3cccc(C)c3)nc3ccccc23)cc1. The van der Waals surface area contributed by atoms with Gasteiger partial charge in [-0.15, -0.1) is 0 Å². The number of para-hydroxylation sites is 1. The number of fused-ring (bicyclic) bond motifs is 1. The van der Waals surface area contributed by atoms with E-state index in [0.29, 0.717) is 5.56 Å². The second-order valence-electron chi connectivity index (χ2n) is 6.76. The van der Waals surface area contributed by atoms with Crippen molar-refractivity contribution in [3.05, 3.63) is 95.6 Å². The van der Waals surface area contributed by atoms with E-state index < -0.39 is 0 Å². The number of nitrogens with zero attached hydrogens (tertiary/aromatic N) is 1. The molecule has 0 fully saturated rings. The molecule has 0 aliphatic heterocycles. The van der Waals surface area contributed by atoms with E-state index in [1.165, 1.54) is 0 Å². The van der Waals surface area contributed by atoms with Gasteiger partial charge in [0.25, 0.3) is 5.91 Å². The van der Waals surface area contributed by atoms with Crippen LogP contribution in [0.1, 0.15) is 21.5 Å². The lowest BCUT2D eigenvalue weighted by atomic mass is 10.0. The zero-order valence-electron chi connectivity index (χ0n) is 15.4. The number of anilines is 1. The fraction of sp³-hybridized carbons (Fsp3) is 0.0833. The summed E-state index contributed by atoms with van der Waals surface area (Å²) in [4.78, 5) is 17.8. The Morgan fingerprint density at radius 1 is 0.815 bits per heavy atom. The van der Waals surface area contributed by atoms with Crippen LogP contribution in [-0.4, -0.2) is 10.9 Å². The maximum Gasteiger partial charge on any atom is 0.256 e. The number of carbonyl (C=O) groups is 1. The van der Waals surface area contributed by atoms with Gasteiger partial charge in [0.05, 0.1) is 16.8 Å². The second-order valence-corrected chi connectivity index (χ2v) is 6.76. The van der Waals surface area contributed by atoms with Gasteiger partial charge in [0.1, 0.15) is 0 Å². The van der Waals surface area contributed by atoms with E-state index in [9.17, 15) is 4.79 Å². The average Bonchev–Trinajstić information content (AvgIpc) is 2.69. The lowest BCUT2D eigenvalue weighted by molar-refractivity contribution is 0.102. The summed E-state index contributed by atoms with van der Waals surface area (Å²) in [7, 11) is 0. The first kappa shape index (κ1) is 17.0. The lowest BCUT2D eigenvalue weighted by Crippen LogP contribution is -2.13. The molecule has 0 aliphatic rings. The standard InChI is InChI=1S/C24H20N2O/c1-16-10-12-19(13-11-16)25-24(27)21-15-23(18-7-5-6-17(2)14-18)26-22-9-4-3-8-20(21)22/h3-15H,1-2H3,(H,25,27). The van der Waals surface area contributed by atoms with Crippen LogP contribution in [0.3, 0.4) is 0 Å². The van der Waals surface area contributed by atoms with Gasteiger partial charge in [0.2, 0.25) is 0 Å². The Morgan fingerprint density at radius 3 is 2.37 bits per heavy atom. The van der Waals surface area contributed by atoms with Gasteiger partial charge >= 0.3 is 0 Å². The number of rotatable bonds is 3. The van der Waals surface area contributed by atoms with Crippen molar-refractivity contribution >= 4 is 22.5 Å². The summed E-state index contributed by atoms with van der Waals surface area (Å²) in [5.74, 6) is -0.133. The van der Waals surface area contributed by atoms with E-state index in [-0.39, 0.29) is 5.91 Å². The minimum Gasteiger partial charge on any atom is -0.322 e. The van der Waals surface area contributed by atoms with E-state index in [2.05, 4.69) is 24.4 Å². The number of carbonyl (C=O) groups excluding carboxylic acids is 1. The quantitative estimate of drug-likeness (QED) is 0.508. The molecule has 0 unspecified atom stereocenters. The molecular weight excluding hydrogens is 332 g/mol. The highest BCUT2D eigenvalue weighted by Crippen LogP contribution is 2.26. The van der Waals surface area contributed by atoms with Gasteiger partial charge < -0.3 is 5.32 Å². The minimum absolute atomic E-state index is 0.133. The third kappa shape index (κ3) is 3.58. The van der Waals surface area contributed by atoms with Gasteiger partial charge in [-0.2, -0.15) is 0 Å². The predicted octanol–water partition coefficient (Wildman–Crippen LogP) is 5.77. The van der Waals surface area contributed by atoms with Crippen molar-refractivity contribution in [2.45, 2.75) is 13.8 Å². The van der Waals surface area contributed by atoms with Crippen molar-refractivity contribution in [1.82, 2.24) is 4.98 Å². The Bertz CT molecular complexity index is 1130. The molecule has 0 bridgehead atoms. The van der Waals surface area contributed by atoms with Crippen LogP contribution in [0.4, 0.5) is 5.69 Å². The number of amides is 1. The molecule has 0 radical (unpaired) electrons. The average molecular weight is 352 g/mol. The molecule has 3 heteroatoms. The molecular formula is C24H20N2O. The van der Waals surface area contributed by atoms with Gasteiger partial charge in [-0.25, -0.2) is 4.98 Å². The third-order valence-electron chi connectivity index (χ3n) is 4.58. The smallest absolute Gasteiger partial charge is 0.256 e. The fourth-order valence-electron chi connectivity index (χ4n) is 3.15. The van der Waals surface area contributed by atoms with E-state index in [1.807, 2.05) is 73.7 Å². The monoisotopic (exact) mass is 352 g/mol. The van der Waals surface area contributed by atoms with E-state index in [4.69, 9.17) is 4.98 Å². The molecule has 0 atom stereocenters. The van der Waals surface area contributed by atoms with Crippen LogP contribution in [0.15, 0.2) is 78.9 Å². The van der Waals surface area contributed by atoms with Crippen molar-refractivity contribution in [2.24, 2.45) is 0 Å². The van der Waals surface area contributed by atoms with Crippen molar-refractivity contribution in [3.63, 3.8) is 0 Å². The highest BCUT2D eigenvalue weighted by molar-refractivity contribution is 6.13. The van der Waals surface area contributed by atoms with Gasteiger partial charge in [-0.1, -0.05) is 59.7 Å². The van der Waals surface area contributed by atoms with Crippen LogP contribution in [0.2, 0.25) is 0 Å². The molecule has 0 saturated heterocycles. The molecule has 1 N–H and O–H groups in total. The Labute approximate surface area is 158 Å². The first-order valence-electron chi connectivity index (χ1n) is 8.95. The van der Waals surface area contributed by atoms with Crippen molar-refractivity contribution < 1.29 is 4.79 Å². The molecule has 4 rings (SSSR count). The molecule has 0 spiro atoms. The number of nitrogens with one attached hydrogen (secondary N) is 1. The summed E-state index contributed by atoms with van der Waals surface area (Å²) in [5, 5.41) is 3.85. The number of pyridine rings is 1. The molecule has 4 aromatic rings. The zero-order valence-corrected chi connectivity index (χ0v) is 15.4. The second kappa shape index (κ2) is 7.04. The minimum atomic E-state index is -0.133. The number of hydrogen-bond donors (Lipinski definition) is 1. The molecule has 1 amide bonds. The molecule has 1 aromatic heterocycles. The summed E-state index contributed by atoms with van der Waals surface area (Å²) in [6, 6.07) is 25.6.